The minimum absolute atomic E-state index is 0.471. The fourth-order valence-corrected chi connectivity index (χ4v) is 8.23. The van der Waals surface area contributed by atoms with Crippen molar-refractivity contribution in [2.24, 2.45) is 0 Å². The Bertz CT molecular complexity index is 2590. The molecule has 0 aliphatic heterocycles. The molecule has 8 aromatic rings. The molecule has 7 aromatic carbocycles. The van der Waals surface area contributed by atoms with Crippen LogP contribution in [0.5, 0.6) is 0 Å². The molecule has 10 rings (SSSR count). The third-order valence-corrected chi connectivity index (χ3v) is 10.4. The third kappa shape index (κ3) is 4.29. The summed E-state index contributed by atoms with van der Waals surface area (Å²) in [7, 11) is 0. The summed E-state index contributed by atoms with van der Waals surface area (Å²) in [5, 5.41) is 0. The van der Waals surface area contributed by atoms with Crippen LogP contribution in [0.1, 0.15) is 22.3 Å². The van der Waals surface area contributed by atoms with Gasteiger partial charge >= 0.3 is 0 Å². The zero-order valence-electron chi connectivity index (χ0n) is 27.5. The quantitative estimate of drug-likeness (QED) is 0.178. The molecular weight excluding hydrogens is 621 g/mol. The Morgan fingerprint density at radius 2 is 0.824 bits per heavy atom. The first-order chi connectivity index (χ1) is 25.2. The molecule has 0 amide bonds. The Labute approximate surface area is 296 Å². The maximum atomic E-state index is 7.90. The van der Waals surface area contributed by atoms with E-state index >= 15 is 0 Å². The lowest BCUT2D eigenvalue weighted by molar-refractivity contribution is 0.794. The highest BCUT2D eigenvalue weighted by Gasteiger charge is 2.52. The van der Waals surface area contributed by atoms with E-state index in [0.717, 1.165) is 33.4 Å². The van der Waals surface area contributed by atoms with E-state index < -0.39 is 5.41 Å². The first-order valence-electron chi connectivity index (χ1n) is 17.1. The number of benzene rings is 7. The summed E-state index contributed by atoms with van der Waals surface area (Å²) in [6, 6.07) is 59.1. The first kappa shape index (κ1) is 29.0. The second-order valence-corrected chi connectivity index (χ2v) is 13.0. The van der Waals surface area contributed by atoms with E-state index in [1.807, 2.05) is 66.7 Å². The minimum atomic E-state index is -0.471. The van der Waals surface area contributed by atoms with Crippen LogP contribution in [-0.4, -0.2) is 15.0 Å². The molecule has 4 nitrogen and oxygen atoms in total. The van der Waals surface area contributed by atoms with Gasteiger partial charge in [-0.25, -0.2) is 19.8 Å². The Morgan fingerprint density at radius 3 is 1.39 bits per heavy atom. The molecule has 4 heteroatoms. The van der Waals surface area contributed by atoms with Crippen molar-refractivity contribution in [3.8, 4) is 67.5 Å². The predicted octanol–water partition coefficient (Wildman–Crippen LogP) is 11.4. The van der Waals surface area contributed by atoms with Gasteiger partial charge in [0.05, 0.1) is 12.0 Å². The summed E-state index contributed by atoms with van der Waals surface area (Å²) in [6.45, 7) is 7.90. The van der Waals surface area contributed by atoms with Crippen molar-refractivity contribution in [3.63, 3.8) is 0 Å². The number of rotatable bonds is 4. The van der Waals surface area contributed by atoms with Crippen molar-refractivity contribution in [1.82, 2.24) is 15.0 Å². The number of hydrogen-bond donors (Lipinski definition) is 0. The van der Waals surface area contributed by atoms with Crippen LogP contribution in [0.3, 0.4) is 0 Å². The molecule has 0 radical (unpaired) electrons. The van der Waals surface area contributed by atoms with E-state index in [4.69, 9.17) is 21.5 Å². The van der Waals surface area contributed by atoms with Gasteiger partial charge in [0.1, 0.15) is 0 Å². The van der Waals surface area contributed by atoms with Crippen LogP contribution in [-0.2, 0) is 5.41 Å². The Morgan fingerprint density at radius 1 is 0.373 bits per heavy atom. The Balaban J connectivity index is 1.15. The second-order valence-electron chi connectivity index (χ2n) is 13.0. The highest BCUT2D eigenvalue weighted by molar-refractivity contribution is 6.00. The van der Waals surface area contributed by atoms with Crippen molar-refractivity contribution >= 4 is 5.69 Å². The Hall–Kier alpha value is -6.96. The molecule has 1 spiro atoms. The maximum absolute atomic E-state index is 7.90. The predicted molar refractivity (Wildman–Crippen MR) is 204 cm³/mol. The van der Waals surface area contributed by atoms with E-state index in [9.17, 15) is 0 Å². The van der Waals surface area contributed by atoms with Gasteiger partial charge in [-0.3, -0.25) is 0 Å². The standard InChI is InChI=1S/C47H28N4/c1-48-34-27-28-41-38(29-34)43-35(19-12-22-42(43)47(41)39-20-10-8-17-36(39)37-18-9-11-21-40(37)47)30-23-25-33(26-24-30)46-50-44(31-13-4-2-5-14-31)49-45(51-46)32-15-6-3-7-16-32/h2-29H. The normalized spacial score (nSPS) is 12.8. The summed E-state index contributed by atoms with van der Waals surface area (Å²) >= 11 is 0. The van der Waals surface area contributed by atoms with Gasteiger partial charge in [-0.15, -0.1) is 0 Å². The van der Waals surface area contributed by atoms with Gasteiger partial charge in [0.15, 0.2) is 23.2 Å². The zero-order chi connectivity index (χ0) is 33.9. The monoisotopic (exact) mass is 648 g/mol. The molecule has 0 saturated carbocycles. The van der Waals surface area contributed by atoms with Crippen molar-refractivity contribution in [2.75, 3.05) is 0 Å². The molecule has 236 valence electrons. The molecule has 2 aliphatic rings. The van der Waals surface area contributed by atoms with E-state index in [-0.39, 0.29) is 0 Å². The Kier molecular flexibility index (Phi) is 6.43. The van der Waals surface area contributed by atoms with Crippen LogP contribution < -0.4 is 0 Å². The number of hydrogen-bond acceptors (Lipinski definition) is 3. The molecule has 0 atom stereocenters. The average Bonchev–Trinajstić information content (AvgIpc) is 3.68. The molecule has 51 heavy (non-hydrogen) atoms. The van der Waals surface area contributed by atoms with E-state index in [0.29, 0.717) is 23.2 Å². The lowest BCUT2D eigenvalue weighted by Gasteiger charge is -2.30. The fraction of sp³-hybridized carbons (Fsp3) is 0.0213. The van der Waals surface area contributed by atoms with Crippen molar-refractivity contribution < 1.29 is 0 Å². The zero-order valence-corrected chi connectivity index (χ0v) is 27.5. The van der Waals surface area contributed by atoms with Gasteiger partial charge < -0.3 is 0 Å². The summed E-state index contributed by atoms with van der Waals surface area (Å²) in [5.74, 6) is 1.90. The largest absolute Gasteiger partial charge is 0.238 e. The lowest BCUT2D eigenvalue weighted by Crippen LogP contribution is -2.25. The van der Waals surface area contributed by atoms with Crippen LogP contribution in [0.4, 0.5) is 5.69 Å². The van der Waals surface area contributed by atoms with Gasteiger partial charge in [0.25, 0.3) is 0 Å². The summed E-state index contributed by atoms with van der Waals surface area (Å²) in [5.41, 5.74) is 15.0. The van der Waals surface area contributed by atoms with Crippen molar-refractivity contribution in [1.29, 1.82) is 0 Å². The van der Waals surface area contributed by atoms with Crippen LogP contribution in [0, 0.1) is 6.57 Å². The fourth-order valence-electron chi connectivity index (χ4n) is 8.23. The summed E-state index contributed by atoms with van der Waals surface area (Å²) < 4.78 is 0. The van der Waals surface area contributed by atoms with Crippen LogP contribution in [0.25, 0.3) is 72.4 Å². The van der Waals surface area contributed by atoms with Crippen molar-refractivity contribution in [3.05, 3.63) is 204 Å². The molecule has 1 heterocycles. The van der Waals surface area contributed by atoms with Crippen LogP contribution in [0.15, 0.2) is 170 Å². The van der Waals surface area contributed by atoms with Gasteiger partial charge in [0, 0.05) is 16.7 Å². The molecule has 1 aromatic heterocycles. The topological polar surface area (TPSA) is 43.0 Å². The van der Waals surface area contributed by atoms with Gasteiger partial charge in [0.2, 0.25) is 0 Å². The maximum Gasteiger partial charge on any atom is 0.187 e. The minimum Gasteiger partial charge on any atom is -0.238 e. The van der Waals surface area contributed by atoms with E-state index in [1.54, 1.807) is 0 Å². The SMILES string of the molecule is [C-]#[N+]c1ccc2c(c1)-c1c(-c3ccc(-c4nc(-c5ccccc5)nc(-c5ccccc5)n4)cc3)cccc1C21c2ccccc2-c2ccccc21. The summed E-state index contributed by atoms with van der Waals surface area (Å²) in [4.78, 5) is 18.6. The number of fused-ring (bicyclic) bond motifs is 10. The molecular formula is C47H28N4. The van der Waals surface area contributed by atoms with Gasteiger partial charge in [-0.05, 0) is 61.7 Å². The highest BCUT2D eigenvalue weighted by atomic mass is 15.0. The average molecular weight is 649 g/mol. The molecule has 0 N–H and O–H groups in total. The first-order valence-corrected chi connectivity index (χ1v) is 17.1. The van der Waals surface area contributed by atoms with Gasteiger partial charge in [-0.1, -0.05) is 164 Å². The molecule has 0 fully saturated rings. The number of nitrogens with zero attached hydrogens (tertiary/aromatic N) is 4. The number of aromatic nitrogens is 3. The van der Waals surface area contributed by atoms with Crippen LogP contribution in [0.2, 0.25) is 0 Å². The smallest absolute Gasteiger partial charge is 0.187 e. The highest BCUT2D eigenvalue weighted by Crippen LogP contribution is 2.64. The second kappa shape index (κ2) is 11.3. The molecule has 2 aliphatic carbocycles. The summed E-state index contributed by atoms with van der Waals surface area (Å²) in [6.07, 6.45) is 0. The third-order valence-electron chi connectivity index (χ3n) is 10.4. The van der Waals surface area contributed by atoms with E-state index in [1.165, 1.54) is 38.9 Å². The molecule has 0 bridgehead atoms. The lowest BCUT2D eigenvalue weighted by atomic mass is 9.70. The molecule has 0 unspecified atom stereocenters. The van der Waals surface area contributed by atoms with Crippen molar-refractivity contribution in [2.45, 2.75) is 5.41 Å². The van der Waals surface area contributed by atoms with E-state index in [2.05, 4.69) is 108 Å². The van der Waals surface area contributed by atoms with Crippen LogP contribution >= 0.6 is 0 Å². The molecule has 0 saturated heterocycles. The van der Waals surface area contributed by atoms with Gasteiger partial charge in [-0.2, -0.15) is 0 Å².